The Balaban J connectivity index is 1.57. The molecule has 2 N–H and O–H groups in total. The van der Waals surface area contributed by atoms with E-state index in [1.54, 1.807) is 55.5 Å². The molecule has 1 aromatic heterocycles. The number of carbonyl (C=O) groups is 2. The van der Waals surface area contributed by atoms with Gasteiger partial charge in [0.25, 0.3) is 11.8 Å². The van der Waals surface area contributed by atoms with Crippen LogP contribution >= 0.6 is 0 Å². The molecular formula is C20H16N4O4. The maximum atomic E-state index is 12.7. The van der Waals surface area contributed by atoms with Crippen molar-refractivity contribution in [1.82, 2.24) is 5.43 Å². The van der Waals surface area contributed by atoms with Gasteiger partial charge in [-0.2, -0.15) is 0 Å². The molecule has 2 heterocycles. The lowest BCUT2D eigenvalue weighted by Gasteiger charge is -2.30. The summed E-state index contributed by atoms with van der Waals surface area (Å²) in [6.07, 6.45) is 0. The number of aliphatic imine (C=N–C) groups is 1. The summed E-state index contributed by atoms with van der Waals surface area (Å²) in [5.41, 5.74) is 3.88. The van der Waals surface area contributed by atoms with Gasteiger partial charge in [-0.1, -0.05) is 18.2 Å². The van der Waals surface area contributed by atoms with E-state index in [1.165, 1.54) is 11.1 Å². The molecule has 0 bridgehead atoms. The Bertz CT molecular complexity index is 1150. The second-order valence-corrected chi connectivity index (χ2v) is 6.24. The van der Waals surface area contributed by atoms with E-state index < -0.39 is 17.6 Å². The largest absolute Gasteiger partial charge is 0.423 e. The van der Waals surface area contributed by atoms with Gasteiger partial charge in [-0.3, -0.25) is 15.0 Å². The van der Waals surface area contributed by atoms with Crippen molar-refractivity contribution in [2.75, 3.05) is 10.3 Å². The van der Waals surface area contributed by atoms with Gasteiger partial charge in [0.1, 0.15) is 11.6 Å². The highest BCUT2D eigenvalue weighted by Crippen LogP contribution is 2.19. The first kappa shape index (κ1) is 17.5. The molecule has 0 aliphatic carbocycles. The number of hydrogen-bond donors (Lipinski definition) is 2. The fourth-order valence-electron chi connectivity index (χ4n) is 2.84. The van der Waals surface area contributed by atoms with E-state index in [-0.39, 0.29) is 11.7 Å². The van der Waals surface area contributed by atoms with Gasteiger partial charge in [0, 0.05) is 17.1 Å². The number of para-hydroxylation sites is 1. The smallest absolute Gasteiger partial charge is 0.336 e. The van der Waals surface area contributed by atoms with E-state index in [0.29, 0.717) is 22.3 Å². The quantitative estimate of drug-likeness (QED) is 0.681. The predicted molar refractivity (Wildman–Crippen MR) is 105 cm³/mol. The van der Waals surface area contributed by atoms with Crippen LogP contribution in [0.3, 0.4) is 0 Å². The van der Waals surface area contributed by atoms with Crippen molar-refractivity contribution in [2.45, 2.75) is 13.0 Å². The van der Waals surface area contributed by atoms with Gasteiger partial charge in [0.05, 0.1) is 5.69 Å². The van der Waals surface area contributed by atoms with Crippen LogP contribution < -0.4 is 21.4 Å². The summed E-state index contributed by atoms with van der Waals surface area (Å²) in [4.78, 5) is 40.5. The predicted octanol–water partition coefficient (Wildman–Crippen LogP) is 2.07. The maximum Gasteiger partial charge on any atom is 0.336 e. The van der Waals surface area contributed by atoms with Gasteiger partial charge >= 0.3 is 5.63 Å². The first-order chi connectivity index (χ1) is 13.5. The van der Waals surface area contributed by atoms with Crippen LogP contribution in [0.5, 0.6) is 0 Å². The van der Waals surface area contributed by atoms with Gasteiger partial charge in [-0.15, -0.1) is 0 Å². The second-order valence-electron chi connectivity index (χ2n) is 6.24. The SMILES string of the molecule is CC1N=C(C(=O)Nc2ccc3oc(=O)ccc3c2)NN(c2ccccc2)C1=O. The number of amides is 2. The van der Waals surface area contributed by atoms with Crippen molar-refractivity contribution >= 4 is 40.0 Å². The average Bonchev–Trinajstić information content (AvgIpc) is 2.70. The van der Waals surface area contributed by atoms with Crippen LogP contribution in [0, 0.1) is 0 Å². The van der Waals surface area contributed by atoms with Gasteiger partial charge in [-0.25, -0.2) is 14.8 Å². The number of nitrogens with one attached hydrogen (secondary N) is 2. The Hall–Kier alpha value is -3.94. The molecule has 0 saturated carbocycles. The summed E-state index contributed by atoms with van der Waals surface area (Å²) in [5.74, 6) is -0.726. The van der Waals surface area contributed by atoms with Gasteiger partial charge in [0.2, 0.25) is 5.84 Å². The van der Waals surface area contributed by atoms with Crippen molar-refractivity contribution in [3.63, 3.8) is 0 Å². The molecule has 0 spiro atoms. The molecule has 2 amide bonds. The molecule has 1 aliphatic rings. The fraction of sp³-hybridized carbons (Fsp3) is 0.100. The second kappa shape index (κ2) is 6.99. The Labute approximate surface area is 159 Å². The molecule has 0 radical (unpaired) electrons. The van der Waals surface area contributed by atoms with Crippen molar-refractivity contribution < 1.29 is 14.0 Å². The Morgan fingerprint density at radius 3 is 2.68 bits per heavy atom. The summed E-state index contributed by atoms with van der Waals surface area (Å²) < 4.78 is 5.08. The van der Waals surface area contributed by atoms with E-state index in [4.69, 9.17) is 4.42 Å². The van der Waals surface area contributed by atoms with E-state index >= 15 is 0 Å². The van der Waals surface area contributed by atoms with Crippen LogP contribution in [-0.4, -0.2) is 23.7 Å². The lowest BCUT2D eigenvalue weighted by molar-refractivity contribution is -0.120. The average molecular weight is 376 g/mol. The molecule has 3 aromatic rings. The lowest BCUT2D eigenvalue weighted by atomic mass is 10.2. The number of carbonyl (C=O) groups excluding carboxylic acids is 2. The minimum absolute atomic E-state index is 0.0237. The molecule has 8 heteroatoms. The summed E-state index contributed by atoms with van der Waals surface area (Å²) >= 11 is 0. The molecule has 1 unspecified atom stereocenters. The highest BCUT2D eigenvalue weighted by molar-refractivity contribution is 6.43. The minimum atomic E-state index is -0.701. The van der Waals surface area contributed by atoms with Crippen molar-refractivity contribution in [1.29, 1.82) is 0 Å². The maximum absolute atomic E-state index is 12.7. The van der Waals surface area contributed by atoms with Crippen LogP contribution in [0.4, 0.5) is 11.4 Å². The fourth-order valence-corrected chi connectivity index (χ4v) is 2.84. The number of rotatable bonds is 3. The third-order valence-corrected chi connectivity index (χ3v) is 4.22. The molecule has 0 fully saturated rings. The topological polar surface area (TPSA) is 104 Å². The molecule has 0 saturated heterocycles. The van der Waals surface area contributed by atoms with Gasteiger partial charge in [0.15, 0.2) is 0 Å². The standard InChI is InChI=1S/C20H16N4O4/c1-12-20(27)24(15-5-3-2-4-6-15)23-18(21-12)19(26)22-14-8-9-16-13(11-14)7-10-17(25)28-16/h2-12H,1H3,(H,21,23)(H,22,26). The zero-order chi connectivity index (χ0) is 19.7. The molecule has 2 aromatic carbocycles. The number of anilines is 2. The number of amidine groups is 1. The lowest BCUT2D eigenvalue weighted by Crippen LogP contribution is -2.57. The third kappa shape index (κ3) is 3.35. The minimum Gasteiger partial charge on any atom is -0.423 e. The Morgan fingerprint density at radius 1 is 1.11 bits per heavy atom. The summed E-state index contributed by atoms with van der Waals surface area (Å²) in [7, 11) is 0. The van der Waals surface area contributed by atoms with Crippen molar-refractivity contribution in [3.8, 4) is 0 Å². The molecule has 8 nitrogen and oxygen atoms in total. The molecule has 140 valence electrons. The van der Waals surface area contributed by atoms with Crippen LogP contribution in [0.25, 0.3) is 11.0 Å². The monoisotopic (exact) mass is 376 g/mol. The number of benzene rings is 2. The van der Waals surface area contributed by atoms with E-state index in [9.17, 15) is 14.4 Å². The number of hydrazine groups is 1. The van der Waals surface area contributed by atoms with Crippen LogP contribution in [0.2, 0.25) is 0 Å². The highest BCUT2D eigenvalue weighted by atomic mass is 16.4. The summed E-state index contributed by atoms with van der Waals surface area (Å²) in [5, 5.41) is 4.71. The van der Waals surface area contributed by atoms with Crippen molar-refractivity contribution in [3.05, 3.63) is 71.1 Å². The normalized spacial score (nSPS) is 16.5. The van der Waals surface area contributed by atoms with Crippen LogP contribution in [-0.2, 0) is 9.59 Å². The first-order valence-electron chi connectivity index (χ1n) is 8.60. The Kier molecular flexibility index (Phi) is 4.36. The zero-order valence-corrected chi connectivity index (χ0v) is 14.9. The van der Waals surface area contributed by atoms with Gasteiger partial charge < -0.3 is 9.73 Å². The molecule has 4 rings (SSSR count). The molecule has 1 atom stereocenters. The Morgan fingerprint density at radius 2 is 1.89 bits per heavy atom. The summed E-state index contributed by atoms with van der Waals surface area (Å²) in [6, 6.07) is 16.1. The van der Waals surface area contributed by atoms with Crippen LogP contribution in [0.1, 0.15) is 6.92 Å². The van der Waals surface area contributed by atoms with E-state index in [2.05, 4.69) is 15.7 Å². The third-order valence-electron chi connectivity index (χ3n) is 4.22. The first-order valence-corrected chi connectivity index (χ1v) is 8.60. The summed E-state index contributed by atoms with van der Waals surface area (Å²) in [6.45, 7) is 1.63. The van der Waals surface area contributed by atoms with Crippen molar-refractivity contribution in [2.24, 2.45) is 4.99 Å². The number of hydrogen-bond acceptors (Lipinski definition) is 6. The van der Waals surface area contributed by atoms with Crippen LogP contribution in [0.15, 0.2) is 74.9 Å². The number of fused-ring (bicyclic) bond motifs is 1. The highest BCUT2D eigenvalue weighted by Gasteiger charge is 2.30. The van der Waals surface area contributed by atoms with E-state index in [0.717, 1.165) is 0 Å². The number of nitrogens with zero attached hydrogens (tertiary/aromatic N) is 2. The molecule has 28 heavy (non-hydrogen) atoms. The zero-order valence-electron chi connectivity index (χ0n) is 14.9. The molecular weight excluding hydrogens is 360 g/mol. The molecule has 1 aliphatic heterocycles. The van der Waals surface area contributed by atoms with E-state index in [1.807, 2.05) is 6.07 Å². The van der Waals surface area contributed by atoms with Gasteiger partial charge in [-0.05, 0) is 43.3 Å².